The van der Waals surface area contributed by atoms with Crippen LogP contribution in [0.1, 0.15) is 5.76 Å². The molecule has 0 unspecified atom stereocenters. The lowest BCUT2D eigenvalue weighted by atomic mass is 10.4. The minimum absolute atomic E-state index is 0.495. The van der Waals surface area contributed by atoms with E-state index in [2.05, 4.69) is 4.42 Å². The minimum Gasteiger partial charge on any atom is -0.439 e. The van der Waals surface area contributed by atoms with Crippen LogP contribution in [-0.4, -0.2) is 8.42 Å². The Labute approximate surface area is 75.5 Å². The van der Waals surface area contributed by atoms with E-state index in [9.17, 15) is 21.6 Å². The summed E-state index contributed by atoms with van der Waals surface area (Å²) in [5, 5.41) is -0.915. The number of furan rings is 1. The van der Waals surface area contributed by atoms with Gasteiger partial charge in [-0.3, -0.25) is 0 Å². The van der Waals surface area contributed by atoms with Crippen LogP contribution in [0.3, 0.4) is 0 Å². The van der Waals surface area contributed by atoms with Crippen LogP contribution in [-0.2, 0) is 15.2 Å². The molecule has 1 rings (SSSR count). The molecule has 0 N–H and O–H groups in total. The molecule has 0 saturated heterocycles. The van der Waals surface area contributed by atoms with Crippen LogP contribution in [0.15, 0.2) is 21.6 Å². The van der Waals surface area contributed by atoms with E-state index in [-0.39, 0.29) is 0 Å². The zero-order chi connectivity index (χ0) is 10.3. The molecule has 0 spiro atoms. The molecule has 0 saturated carbocycles. The average molecular weight is 235 g/mol. The zero-order valence-corrected chi connectivity index (χ0v) is 7.37. The van der Waals surface area contributed by atoms with E-state index in [1.54, 1.807) is 0 Å². The predicted octanol–water partition coefficient (Wildman–Crippen LogP) is 2.23. The first kappa shape index (κ1) is 10.4. The van der Waals surface area contributed by atoms with Crippen molar-refractivity contribution in [1.29, 1.82) is 0 Å². The quantitative estimate of drug-likeness (QED) is 0.700. The van der Waals surface area contributed by atoms with Crippen LogP contribution in [0.2, 0.25) is 0 Å². The molecule has 0 radical (unpaired) electrons. The van der Waals surface area contributed by atoms with E-state index in [1.807, 2.05) is 0 Å². The molecule has 3 nitrogen and oxygen atoms in total. The molecule has 0 atom stereocenters. The summed E-state index contributed by atoms with van der Waals surface area (Å²) in [4.78, 5) is 0. The zero-order valence-electron chi connectivity index (χ0n) is 5.80. The van der Waals surface area contributed by atoms with E-state index < -0.39 is 26.1 Å². The van der Waals surface area contributed by atoms with Gasteiger partial charge in [-0.2, -0.15) is 13.2 Å². The molecular formula is C5H2ClF3O3S. The fraction of sp³-hybridized carbons (Fsp3) is 0.200. The summed E-state index contributed by atoms with van der Waals surface area (Å²) in [5.74, 6) is -1.40. The van der Waals surface area contributed by atoms with Crippen LogP contribution in [0.4, 0.5) is 13.2 Å². The number of halogens is 4. The van der Waals surface area contributed by atoms with Crippen LogP contribution < -0.4 is 0 Å². The van der Waals surface area contributed by atoms with Crippen LogP contribution >= 0.6 is 10.7 Å². The van der Waals surface area contributed by atoms with Crippen LogP contribution in [0, 0.1) is 0 Å². The molecule has 1 heterocycles. The van der Waals surface area contributed by atoms with Gasteiger partial charge in [-0.15, -0.1) is 0 Å². The number of rotatable bonds is 1. The van der Waals surface area contributed by atoms with Gasteiger partial charge in [-0.1, -0.05) is 0 Å². The maximum Gasteiger partial charge on any atom is 0.449 e. The molecule has 0 fully saturated rings. The van der Waals surface area contributed by atoms with Gasteiger partial charge in [0, 0.05) is 10.7 Å². The maximum atomic E-state index is 11.9. The predicted molar refractivity (Wildman–Crippen MR) is 36.7 cm³/mol. The lowest BCUT2D eigenvalue weighted by Crippen LogP contribution is -2.02. The van der Waals surface area contributed by atoms with E-state index in [0.717, 1.165) is 0 Å². The van der Waals surface area contributed by atoms with Crippen molar-refractivity contribution in [2.24, 2.45) is 0 Å². The second-order valence-corrected chi connectivity index (χ2v) is 4.55. The van der Waals surface area contributed by atoms with Gasteiger partial charge in [0.25, 0.3) is 9.05 Å². The largest absolute Gasteiger partial charge is 0.449 e. The molecule has 0 amide bonds. The third-order valence-corrected chi connectivity index (χ3v) is 2.26. The smallest absolute Gasteiger partial charge is 0.439 e. The Balaban J connectivity index is 3.16. The maximum absolute atomic E-state index is 11.9. The lowest BCUT2D eigenvalue weighted by molar-refractivity contribution is -0.154. The normalized spacial score (nSPS) is 13.2. The van der Waals surface area contributed by atoms with Gasteiger partial charge in [0.05, 0.1) is 0 Å². The molecular weight excluding hydrogens is 233 g/mol. The molecule has 1 aromatic rings. The summed E-state index contributed by atoms with van der Waals surface area (Å²) in [6, 6.07) is 1.14. The fourth-order valence-corrected chi connectivity index (χ4v) is 1.27. The van der Waals surface area contributed by atoms with Gasteiger partial charge >= 0.3 is 6.18 Å². The third kappa shape index (κ3) is 2.38. The van der Waals surface area contributed by atoms with Crippen LogP contribution in [0.5, 0.6) is 0 Å². The second-order valence-electron chi connectivity index (χ2n) is 2.05. The van der Waals surface area contributed by atoms with Gasteiger partial charge < -0.3 is 4.42 Å². The van der Waals surface area contributed by atoms with Gasteiger partial charge in [0.2, 0.25) is 10.9 Å². The third-order valence-electron chi connectivity index (χ3n) is 1.10. The van der Waals surface area contributed by atoms with Gasteiger partial charge in [-0.25, -0.2) is 8.42 Å². The number of hydrogen-bond donors (Lipinski definition) is 0. The van der Waals surface area contributed by atoms with Crippen molar-refractivity contribution in [3.63, 3.8) is 0 Å². The highest BCUT2D eigenvalue weighted by atomic mass is 35.7. The topological polar surface area (TPSA) is 47.3 Å². The Hall–Kier alpha value is -0.690. The van der Waals surface area contributed by atoms with Gasteiger partial charge in [-0.05, 0) is 12.1 Å². The molecule has 13 heavy (non-hydrogen) atoms. The van der Waals surface area contributed by atoms with E-state index >= 15 is 0 Å². The molecule has 0 aromatic carbocycles. The summed E-state index contributed by atoms with van der Waals surface area (Å²) in [6.07, 6.45) is -4.71. The Morgan fingerprint density at radius 2 is 1.85 bits per heavy atom. The molecule has 0 bridgehead atoms. The fourth-order valence-electron chi connectivity index (χ4n) is 0.604. The average Bonchev–Trinajstić information content (AvgIpc) is 2.28. The summed E-state index contributed by atoms with van der Waals surface area (Å²) in [7, 11) is 0.496. The Morgan fingerprint density at radius 1 is 1.31 bits per heavy atom. The standard InChI is InChI=1S/C5H2ClF3O3S/c6-13(10,11)4-2-1-3(12-4)5(7,8)9/h1-2H. The van der Waals surface area contributed by atoms with E-state index in [4.69, 9.17) is 10.7 Å². The molecule has 1 aromatic heterocycles. The summed E-state index contributed by atoms with van der Waals surface area (Å²) in [6.45, 7) is 0. The second kappa shape index (κ2) is 2.91. The van der Waals surface area contributed by atoms with E-state index in [1.165, 1.54) is 0 Å². The molecule has 74 valence electrons. The summed E-state index contributed by atoms with van der Waals surface area (Å²) in [5.41, 5.74) is 0. The SMILES string of the molecule is O=S(=O)(Cl)c1ccc(C(F)(F)F)o1. The molecule has 0 aliphatic carbocycles. The highest BCUT2D eigenvalue weighted by Gasteiger charge is 2.36. The van der Waals surface area contributed by atoms with Crippen molar-refractivity contribution < 1.29 is 26.0 Å². The lowest BCUT2D eigenvalue weighted by Gasteiger charge is -1.99. The highest BCUT2D eigenvalue weighted by Crippen LogP contribution is 2.32. The molecule has 0 aliphatic rings. The minimum atomic E-state index is -4.71. The van der Waals surface area contributed by atoms with Crippen molar-refractivity contribution in [3.05, 3.63) is 17.9 Å². The van der Waals surface area contributed by atoms with Crippen molar-refractivity contribution in [3.8, 4) is 0 Å². The molecule has 0 aliphatic heterocycles. The van der Waals surface area contributed by atoms with Gasteiger partial charge in [0.1, 0.15) is 0 Å². The van der Waals surface area contributed by atoms with E-state index in [0.29, 0.717) is 12.1 Å². The monoisotopic (exact) mass is 234 g/mol. The van der Waals surface area contributed by atoms with Crippen molar-refractivity contribution in [2.45, 2.75) is 11.3 Å². The first-order chi connectivity index (χ1) is 5.71. The first-order valence-electron chi connectivity index (χ1n) is 2.83. The number of alkyl halides is 3. The van der Waals surface area contributed by atoms with Crippen molar-refractivity contribution in [1.82, 2.24) is 0 Å². The Kier molecular flexibility index (Phi) is 2.33. The van der Waals surface area contributed by atoms with Crippen LogP contribution in [0.25, 0.3) is 0 Å². The van der Waals surface area contributed by atoms with Gasteiger partial charge in [0.15, 0.2) is 0 Å². The van der Waals surface area contributed by atoms with Crippen molar-refractivity contribution >= 4 is 19.7 Å². The number of hydrogen-bond acceptors (Lipinski definition) is 3. The summed E-state index contributed by atoms with van der Waals surface area (Å²) < 4.78 is 60.5. The Bertz CT molecular complexity index is 405. The first-order valence-corrected chi connectivity index (χ1v) is 5.14. The van der Waals surface area contributed by atoms with Crippen molar-refractivity contribution in [2.75, 3.05) is 0 Å². The highest BCUT2D eigenvalue weighted by molar-refractivity contribution is 8.13. The molecule has 8 heteroatoms. The Morgan fingerprint density at radius 3 is 2.08 bits per heavy atom. The summed E-state index contributed by atoms with van der Waals surface area (Å²) >= 11 is 0.